The summed E-state index contributed by atoms with van der Waals surface area (Å²) in [6.45, 7) is 3.98. The largest absolute Gasteiger partial charge is 1.00 e. The smallest absolute Gasteiger partial charge is 0.549 e. The van der Waals surface area contributed by atoms with Gasteiger partial charge in [-0.3, -0.25) is 4.79 Å². The summed E-state index contributed by atoms with van der Waals surface area (Å²) in [5, 5.41) is 14.6. The average Bonchev–Trinajstić information content (AvgIpc) is 2.44. The Bertz CT molecular complexity index is 596. The molecule has 1 aliphatic carbocycles. The number of benzene rings is 1. The second kappa shape index (κ2) is 8.34. The first-order valence-electron chi connectivity index (χ1n) is 7.40. The van der Waals surface area contributed by atoms with Crippen molar-refractivity contribution in [2.45, 2.75) is 32.2 Å². The van der Waals surface area contributed by atoms with Crippen LogP contribution in [-0.2, 0) is 15.1 Å². The summed E-state index contributed by atoms with van der Waals surface area (Å²) in [6, 6.07) is 7.36. The predicted molar refractivity (Wildman–Crippen MR) is 83.0 cm³/mol. The fourth-order valence-electron chi connectivity index (χ4n) is 2.80. The zero-order valence-corrected chi connectivity index (χ0v) is 16.4. The minimum absolute atomic E-state index is 0. The minimum Gasteiger partial charge on any atom is -0.549 e. The monoisotopic (exact) mass is 343 g/mol. The normalized spacial score (nSPS) is 19.4. The van der Waals surface area contributed by atoms with E-state index in [4.69, 9.17) is 11.6 Å². The summed E-state index contributed by atoms with van der Waals surface area (Å²) in [6.07, 6.45) is 4.49. The zero-order chi connectivity index (χ0) is 16.3. The van der Waals surface area contributed by atoms with E-state index in [0.29, 0.717) is 17.9 Å². The average molecular weight is 344 g/mol. The van der Waals surface area contributed by atoms with Crippen LogP contribution >= 0.6 is 11.6 Å². The molecule has 118 valence electrons. The van der Waals surface area contributed by atoms with Gasteiger partial charge >= 0.3 is 29.6 Å². The molecule has 0 aromatic heterocycles. The molecule has 0 heterocycles. The molecule has 6 heteroatoms. The van der Waals surface area contributed by atoms with Crippen molar-refractivity contribution in [1.29, 1.82) is 0 Å². The van der Waals surface area contributed by atoms with E-state index in [0.717, 1.165) is 5.56 Å². The molecule has 0 aliphatic heterocycles. The zero-order valence-electron chi connectivity index (χ0n) is 13.6. The van der Waals surface area contributed by atoms with Crippen LogP contribution in [0.2, 0.25) is 5.02 Å². The SMILES string of the molecule is CCC(CC)(NC(=O)[C@@H]1C=C[C@@H]1C(=O)[O-])c1ccc(Cl)cc1.[Na+]. The van der Waals surface area contributed by atoms with E-state index in [-0.39, 0.29) is 35.5 Å². The topological polar surface area (TPSA) is 69.2 Å². The fourth-order valence-corrected chi connectivity index (χ4v) is 2.93. The van der Waals surface area contributed by atoms with Crippen LogP contribution in [0.15, 0.2) is 36.4 Å². The molecule has 0 radical (unpaired) electrons. The van der Waals surface area contributed by atoms with Crippen molar-refractivity contribution in [2.75, 3.05) is 0 Å². The Balaban J connectivity index is 0.00000264. The van der Waals surface area contributed by atoms with Gasteiger partial charge in [0.25, 0.3) is 0 Å². The Morgan fingerprint density at radius 1 is 1.13 bits per heavy atom. The van der Waals surface area contributed by atoms with Gasteiger partial charge in [-0.1, -0.05) is 49.7 Å². The van der Waals surface area contributed by atoms with E-state index in [2.05, 4.69) is 5.32 Å². The van der Waals surface area contributed by atoms with Crippen LogP contribution in [0, 0.1) is 11.8 Å². The number of aliphatic carboxylic acids is 1. The van der Waals surface area contributed by atoms with Crippen LogP contribution < -0.4 is 40.0 Å². The number of carboxylic acid groups (broad SMARTS) is 1. The number of hydrogen-bond acceptors (Lipinski definition) is 3. The first-order valence-corrected chi connectivity index (χ1v) is 7.78. The van der Waals surface area contributed by atoms with Gasteiger partial charge in [0.1, 0.15) is 0 Å². The van der Waals surface area contributed by atoms with Crippen LogP contribution in [0.25, 0.3) is 0 Å². The quantitative estimate of drug-likeness (QED) is 0.533. The first-order chi connectivity index (χ1) is 10.4. The van der Waals surface area contributed by atoms with E-state index in [1.54, 1.807) is 18.2 Å². The third-order valence-corrected chi connectivity index (χ3v) is 4.71. The number of amides is 1. The maximum Gasteiger partial charge on any atom is 1.00 e. The number of carboxylic acids is 1. The Morgan fingerprint density at radius 3 is 2.04 bits per heavy atom. The first kappa shape index (κ1) is 20.2. The van der Waals surface area contributed by atoms with Crippen molar-refractivity contribution in [3.8, 4) is 0 Å². The van der Waals surface area contributed by atoms with Gasteiger partial charge in [0, 0.05) is 16.9 Å². The molecular formula is C17H19ClNNaO3. The van der Waals surface area contributed by atoms with Gasteiger partial charge in [-0.15, -0.1) is 0 Å². The van der Waals surface area contributed by atoms with Crippen LogP contribution in [0.5, 0.6) is 0 Å². The van der Waals surface area contributed by atoms with Gasteiger partial charge in [0.15, 0.2) is 0 Å². The molecule has 0 saturated heterocycles. The van der Waals surface area contributed by atoms with Gasteiger partial charge in [-0.25, -0.2) is 0 Å². The molecule has 0 bridgehead atoms. The standard InChI is InChI=1S/C17H20ClNO3.Na/c1-3-17(4-2,11-5-7-12(18)8-6-11)19-15(20)13-9-10-14(13)16(21)22;/h5-10,13-14H,3-4H2,1-2H3,(H,19,20)(H,21,22);/q;+1/p-1/t13-,14+;/m1./s1. The Hall–Kier alpha value is -0.810. The second-order valence-corrected chi connectivity index (χ2v) is 5.98. The number of nitrogens with one attached hydrogen (secondary N) is 1. The van der Waals surface area contributed by atoms with Gasteiger partial charge in [0.05, 0.1) is 11.5 Å². The maximum atomic E-state index is 12.4. The van der Waals surface area contributed by atoms with Crippen molar-refractivity contribution in [1.82, 2.24) is 5.32 Å². The molecule has 0 fully saturated rings. The molecule has 1 aromatic carbocycles. The number of hydrogen-bond donors (Lipinski definition) is 1. The molecule has 2 rings (SSSR count). The Morgan fingerprint density at radius 2 is 1.65 bits per heavy atom. The number of halogens is 1. The molecule has 0 unspecified atom stereocenters. The third kappa shape index (κ3) is 4.18. The summed E-state index contributed by atoms with van der Waals surface area (Å²) < 4.78 is 0. The molecule has 0 spiro atoms. The second-order valence-electron chi connectivity index (χ2n) is 5.54. The third-order valence-electron chi connectivity index (χ3n) is 4.45. The van der Waals surface area contributed by atoms with Crippen LogP contribution in [0.3, 0.4) is 0 Å². The van der Waals surface area contributed by atoms with Crippen molar-refractivity contribution in [2.24, 2.45) is 11.8 Å². The molecule has 0 saturated carbocycles. The Labute approximate surface area is 163 Å². The summed E-state index contributed by atoms with van der Waals surface area (Å²) in [4.78, 5) is 23.4. The number of carbonyl (C=O) groups is 2. The molecule has 1 amide bonds. The van der Waals surface area contributed by atoms with Crippen molar-refractivity contribution < 1.29 is 44.3 Å². The summed E-state index contributed by atoms with van der Waals surface area (Å²) in [7, 11) is 0. The number of rotatable bonds is 6. The predicted octanol–water partition coefficient (Wildman–Crippen LogP) is -0.972. The summed E-state index contributed by atoms with van der Waals surface area (Å²) in [5.74, 6) is -2.99. The van der Waals surface area contributed by atoms with Gasteiger partial charge in [-0.05, 0) is 30.5 Å². The van der Waals surface area contributed by atoms with Gasteiger partial charge in [-0.2, -0.15) is 0 Å². The molecule has 2 atom stereocenters. The van der Waals surface area contributed by atoms with Crippen LogP contribution in [0.1, 0.15) is 32.3 Å². The molecular weight excluding hydrogens is 325 g/mol. The molecule has 1 aromatic rings. The van der Waals surface area contributed by atoms with E-state index in [1.165, 1.54) is 6.08 Å². The number of carbonyl (C=O) groups excluding carboxylic acids is 2. The van der Waals surface area contributed by atoms with E-state index in [1.807, 2.05) is 26.0 Å². The van der Waals surface area contributed by atoms with E-state index >= 15 is 0 Å². The summed E-state index contributed by atoms with van der Waals surface area (Å²) in [5.41, 5.74) is 0.435. The maximum absolute atomic E-state index is 12.4. The van der Waals surface area contributed by atoms with Gasteiger partial charge in [0.2, 0.25) is 5.91 Å². The Kier molecular flexibility index (Phi) is 7.33. The van der Waals surface area contributed by atoms with E-state index < -0.39 is 23.3 Å². The van der Waals surface area contributed by atoms with Crippen LogP contribution in [-0.4, -0.2) is 11.9 Å². The van der Waals surface area contributed by atoms with Crippen molar-refractivity contribution >= 4 is 23.5 Å². The van der Waals surface area contributed by atoms with E-state index in [9.17, 15) is 14.7 Å². The van der Waals surface area contributed by atoms with Crippen molar-refractivity contribution in [3.05, 3.63) is 47.0 Å². The molecule has 1 aliphatic rings. The van der Waals surface area contributed by atoms with Gasteiger partial charge < -0.3 is 15.2 Å². The molecule has 1 N–H and O–H groups in total. The summed E-state index contributed by atoms with van der Waals surface area (Å²) >= 11 is 5.92. The minimum atomic E-state index is -1.22. The van der Waals surface area contributed by atoms with Crippen LogP contribution in [0.4, 0.5) is 0 Å². The van der Waals surface area contributed by atoms with Crippen molar-refractivity contribution in [3.63, 3.8) is 0 Å². The molecule has 4 nitrogen and oxygen atoms in total. The molecule has 23 heavy (non-hydrogen) atoms. The fraction of sp³-hybridized carbons (Fsp3) is 0.412.